The molecule has 1 fully saturated rings. The molecule has 0 aliphatic carbocycles. The third-order valence-corrected chi connectivity index (χ3v) is 5.67. The molecule has 2 atom stereocenters. The minimum Gasteiger partial charge on any atom is -0.445 e. The molecule has 4 rings (SSSR count). The number of hydrogen-bond donors (Lipinski definition) is 0. The number of rotatable bonds is 5. The second-order valence-electron chi connectivity index (χ2n) is 7.59. The fourth-order valence-corrected chi connectivity index (χ4v) is 4.30. The fourth-order valence-electron chi connectivity index (χ4n) is 4.30. The maximum Gasteiger partial charge on any atom is 0.410 e. The third kappa shape index (κ3) is 3.92. The lowest BCUT2D eigenvalue weighted by atomic mass is 9.94. The van der Waals surface area contributed by atoms with E-state index in [9.17, 15) is 4.79 Å². The molecule has 2 aliphatic rings. The summed E-state index contributed by atoms with van der Waals surface area (Å²) in [5.41, 5.74) is 5.09. The Balaban J connectivity index is 1.43. The highest BCUT2D eigenvalue weighted by atomic mass is 16.6. The van der Waals surface area contributed by atoms with Crippen molar-refractivity contribution >= 4 is 11.7 Å². The molecule has 0 spiro atoms. The van der Waals surface area contributed by atoms with Crippen molar-refractivity contribution in [1.82, 2.24) is 4.90 Å². The van der Waals surface area contributed by atoms with Crippen molar-refractivity contribution in [3.05, 3.63) is 77.4 Å². The maximum absolute atomic E-state index is 12.7. The van der Waals surface area contributed by atoms with E-state index in [0.717, 1.165) is 31.2 Å². The van der Waals surface area contributed by atoms with Crippen molar-refractivity contribution in [3.8, 4) is 0 Å². The molecule has 3 heteroatoms. The topological polar surface area (TPSA) is 29.5 Å². The molecule has 2 aromatic rings. The summed E-state index contributed by atoms with van der Waals surface area (Å²) in [5.74, 6) is 0. The van der Waals surface area contributed by atoms with Crippen LogP contribution in [0.25, 0.3) is 5.57 Å². The van der Waals surface area contributed by atoms with Gasteiger partial charge in [0.05, 0.1) is 6.04 Å². The Hall–Kier alpha value is -2.55. The summed E-state index contributed by atoms with van der Waals surface area (Å²) in [4.78, 5) is 14.6. The molecule has 0 saturated carbocycles. The third-order valence-electron chi connectivity index (χ3n) is 5.67. The summed E-state index contributed by atoms with van der Waals surface area (Å²) in [6, 6.07) is 19.2. The van der Waals surface area contributed by atoms with E-state index in [1.807, 2.05) is 35.2 Å². The lowest BCUT2D eigenvalue weighted by molar-refractivity contribution is 0.0832. The summed E-state index contributed by atoms with van der Waals surface area (Å²) < 4.78 is 5.59. The van der Waals surface area contributed by atoms with Gasteiger partial charge in [-0.05, 0) is 47.9 Å². The predicted molar refractivity (Wildman–Crippen MR) is 108 cm³/mol. The van der Waals surface area contributed by atoms with Gasteiger partial charge in [0.15, 0.2) is 0 Å². The lowest BCUT2D eigenvalue weighted by Crippen LogP contribution is -2.43. The van der Waals surface area contributed by atoms with Gasteiger partial charge < -0.3 is 4.74 Å². The van der Waals surface area contributed by atoms with E-state index in [0.29, 0.717) is 6.61 Å². The van der Waals surface area contributed by atoms with Gasteiger partial charge in [-0.25, -0.2) is 4.79 Å². The molecule has 27 heavy (non-hydrogen) atoms. The molecule has 0 N–H and O–H groups in total. The molecule has 2 unspecified atom stereocenters. The number of fused-ring (bicyclic) bond motifs is 2. The van der Waals surface area contributed by atoms with Gasteiger partial charge in [-0.1, -0.05) is 74.0 Å². The number of nitrogens with zero attached hydrogens (tertiary/aromatic N) is 1. The molecular formula is C24H27NO2. The van der Waals surface area contributed by atoms with Gasteiger partial charge in [0.1, 0.15) is 6.61 Å². The zero-order valence-electron chi connectivity index (χ0n) is 15.9. The zero-order chi connectivity index (χ0) is 18.6. The van der Waals surface area contributed by atoms with Crippen LogP contribution in [0.4, 0.5) is 4.79 Å². The van der Waals surface area contributed by atoms with Crippen LogP contribution in [0.15, 0.2) is 60.7 Å². The first kappa shape index (κ1) is 17.8. The van der Waals surface area contributed by atoms with Crippen LogP contribution in [0.5, 0.6) is 0 Å². The highest BCUT2D eigenvalue weighted by Crippen LogP contribution is 2.39. The van der Waals surface area contributed by atoms with Crippen LogP contribution in [0, 0.1) is 0 Å². The van der Waals surface area contributed by atoms with Crippen molar-refractivity contribution in [3.63, 3.8) is 0 Å². The Bertz CT molecular complexity index is 810. The van der Waals surface area contributed by atoms with Crippen molar-refractivity contribution in [2.45, 2.75) is 57.7 Å². The van der Waals surface area contributed by atoms with Gasteiger partial charge in [0, 0.05) is 6.04 Å². The van der Waals surface area contributed by atoms with Gasteiger partial charge in [-0.2, -0.15) is 0 Å². The second-order valence-corrected chi connectivity index (χ2v) is 7.59. The van der Waals surface area contributed by atoms with E-state index in [1.54, 1.807) is 0 Å². The summed E-state index contributed by atoms with van der Waals surface area (Å²) in [6.45, 7) is 2.55. The van der Waals surface area contributed by atoms with Crippen LogP contribution >= 0.6 is 0 Å². The van der Waals surface area contributed by atoms with Gasteiger partial charge in [-0.3, -0.25) is 4.90 Å². The summed E-state index contributed by atoms with van der Waals surface area (Å²) in [5, 5.41) is 0. The zero-order valence-corrected chi connectivity index (χ0v) is 15.9. The smallest absolute Gasteiger partial charge is 0.410 e. The Morgan fingerprint density at radius 2 is 1.81 bits per heavy atom. The Morgan fingerprint density at radius 3 is 2.52 bits per heavy atom. The van der Waals surface area contributed by atoms with Crippen LogP contribution in [-0.2, 0) is 17.8 Å². The van der Waals surface area contributed by atoms with E-state index >= 15 is 0 Å². The van der Waals surface area contributed by atoms with E-state index in [1.165, 1.54) is 23.1 Å². The molecule has 0 aromatic heterocycles. The largest absolute Gasteiger partial charge is 0.445 e. The van der Waals surface area contributed by atoms with Gasteiger partial charge in [0.25, 0.3) is 0 Å². The Morgan fingerprint density at radius 1 is 1.04 bits per heavy atom. The number of amides is 1. The molecule has 2 heterocycles. The number of benzene rings is 2. The van der Waals surface area contributed by atoms with Gasteiger partial charge in [-0.15, -0.1) is 0 Å². The quantitative estimate of drug-likeness (QED) is 0.694. The van der Waals surface area contributed by atoms with Crippen molar-refractivity contribution < 1.29 is 9.53 Å². The van der Waals surface area contributed by atoms with Gasteiger partial charge in [0.2, 0.25) is 0 Å². The summed E-state index contributed by atoms with van der Waals surface area (Å²) in [7, 11) is 0. The predicted octanol–water partition coefficient (Wildman–Crippen LogP) is 5.60. The summed E-state index contributed by atoms with van der Waals surface area (Å²) in [6.07, 6.45) is 7.41. The molecule has 3 nitrogen and oxygen atoms in total. The van der Waals surface area contributed by atoms with Crippen molar-refractivity contribution in [1.29, 1.82) is 0 Å². The van der Waals surface area contributed by atoms with E-state index in [-0.39, 0.29) is 18.2 Å². The number of carbonyl (C=O) groups is 1. The SMILES string of the molecule is CCCc1ccc(C2=CC3CCC(C2)N3C(=O)OCc2ccccc2)cc1. The molecule has 0 radical (unpaired) electrons. The van der Waals surface area contributed by atoms with Crippen molar-refractivity contribution in [2.75, 3.05) is 0 Å². The lowest BCUT2D eigenvalue weighted by Gasteiger charge is -2.33. The molecule has 2 aliphatic heterocycles. The summed E-state index contributed by atoms with van der Waals surface area (Å²) >= 11 is 0. The fraction of sp³-hybridized carbons (Fsp3) is 0.375. The first-order chi connectivity index (χ1) is 13.2. The van der Waals surface area contributed by atoms with Crippen LogP contribution in [0.1, 0.15) is 49.3 Å². The Labute approximate surface area is 161 Å². The van der Waals surface area contributed by atoms with Crippen LogP contribution in [-0.4, -0.2) is 23.1 Å². The average Bonchev–Trinajstić information content (AvgIpc) is 2.97. The Kier molecular flexibility index (Phi) is 5.28. The minimum atomic E-state index is -0.181. The molecular weight excluding hydrogens is 334 g/mol. The van der Waals surface area contributed by atoms with Crippen molar-refractivity contribution in [2.24, 2.45) is 0 Å². The molecule has 2 bridgehead atoms. The monoisotopic (exact) mass is 361 g/mol. The molecule has 1 saturated heterocycles. The number of ether oxygens (including phenoxy) is 1. The van der Waals surface area contributed by atoms with Crippen LogP contribution < -0.4 is 0 Å². The standard InChI is InChI=1S/C24H27NO2/c1-2-6-18-9-11-20(12-10-18)21-15-22-13-14-23(16-21)25(22)24(26)27-17-19-7-4-3-5-8-19/h3-5,7-12,15,22-23H,2,6,13-14,16-17H2,1H3. The second kappa shape index (κ2) is 7.99. The first-order valence-electron chi connectivity index (χ1n) is 10.0. The minimum absolute atomic E-state index is 0.164. The van der Waals surface area contributed by atoms with Crippen LogP contribution in [0.3, 0.4) is 0 Å². The van der Waals surface area contributed by atoms with E-state index in [2.05, 4.69) is 37.3 Å². The maximum atomic E-state index is 12.7. The van der Waals surface area contributed by atoms with E-state index < -0.39 is 0 Å². The molecule has 2 aromatic carbocycles. The molecule has 1 amide bonds. The number of carbonyl (C=O) groups excluding carboxylic acids is 1. The average molecular weight is 361 g/mol. The van der Waals surface area contributed by atoms with Crippen LogP contribution in [0.2, 0.25) is 0 Å². The normalized spacial score (nSPS) is 21.1. The highest BCUT2D eigenvalue weighted by Gasteiger charge is 2.40. The highest BCUT2D eigenvalue weighted by molar-refractivity contribution is 5.75. The number of aryl methyl sites for hydroxylation is 1. The molecule has 140 valence electrons. The van der Waals surface area contributed by atoms with E-state index in [4.69, 9.17) is 4.74 Å². The number of hydrogen-bond acceptors (Lipinski definition) is 2. The first-order valence-corrected chi connectivity index (χ1v) is 10.0. The van der Waals surface area contributed by atoms with Gasteiger partial charge >= 0.3 is 6.09 Å².